The lowest BCUT2D eigenvalue weighted by atomic mass is 9.95. The van der Waals surface area contributed by atoms with Crippen molar-refractivity contribution in [1.29, 1.82) is 0 Å². The topological polar surface area (TPSA) is 41.9 Å². The molecule has 4 rings (SSSR count). The molecule has 2 saturated heterocycles. The minimum Gasteiger partial charge on any atom is -0.497 e. The van der Waals surface area contributed by atoms with Crippen molar-refractivity contribution in [2.75, 3.05) is 14.2 Å². The van der Waals surface area contributed by atoms with Gasteiger partial charge in [-0.15, -0.1) is 0 Å². The summed E-state index contributed by atoms with van der Waals surface area (Å²) in [7, 11) is 3.42. The molecule has 2 aliphatic rings. The molecule has 0 amide bonds. The van der Waals surface area contributed by atoms with E-state index in [9.17, 15) is 0 Å². The van der Waals surface area contributed by atoms with Crippen molar-refractivity contribution in [3.8, 4) is 11.5 Å². The normalized spacial score (nSPS) is 25.6. The third-order valence-electron chi connectivity index (χ3n) is 7.27. The van der Waals surface area contributed by atoms with Gasteiger partial charge >= 0.3 is 0 Å². The Bertz CT molecular complexity index is 859. The van der Waals surface area contributed by atoms with Crippen LogP contribution < -0.4 is 9.47 Å². The summed E-state index contributed by atoms with van der Waals surface area (Å²) in [6.45, 7) is 3.21. The molecule has 1 aromatic carbocycles. The van der Waals surface area contributed by atoms with E-state index in [1.165, 1.54) is 63.3 Å². The third kappa shape index (κ3) is 5.60. The molecule has 3 atom stereocenters. The molecule has 0 saturated carbocycles. The number of fused-ring (bicyclic) bond motifs is 1. The summed E-state index contributed by atoms with van der Waals surface area (Å²) in [6.07, 6.45) is 17.6. The molecule has 1 spiro atoms. The average molecular weight is 444 g/mol. The molecule has 0 unspecified atom stereocenters. The van der Waals surface area contributed by atoms with Gasteiger partial charge in [0.25, 0.3) is 0 Å². The molecule has 0 N–H and O–H groups in total. The third-order valence-corrected chi connectivity index (χ3v) is 7.27. The highest BCUT2D eigenvalue weighted by Gasteiger charge is 2.43. The lowest BCUT2D eigenvalue weighted by Gasteiger charge is -2.38. The zero-order chi connectivity index (χ0) is 22.4. The highest BCUT2D eigenvalue weighted by atomic mass is 16.7. The van der Waals surface area contributed by atoms with Gasteiger partial charge in [-0.3, -0.25) is 0 Å². The van der Waals surface area contributed by atoms with E-state index < -0.39 is 0 Å². The first-order chi connectivity index (χ1) is 15.6. The van der Waals surface area contributed by atoms with Gasteiger partial charge in [-0.2, -0.15) is 0 Å². The standard InChI is InChI=1S/C27H41NO4/c1-21-13-16-27(31-21)15-10-12-22(32-27)11-8-6-4-5-7-9-17-28-18-14-24-25(28)19-23(29-2)20-26(24)30-3/h14,18-22H,4-13,15-17H2,1-3H3/t21-,22-,27+/m0/s1. The summed E-state index contributed by atoms with van der Waals surface area (Å²) in [6, 6.07) is 6.20. The summed E-state index contributed by atoms with van der Waals surface area (Å²) >= 11 is 0. The molecule has 3 heterocycles. The molecule has 5 nitrogen and oxygen atoms in total. The molecule has 0 aliphatic carbocycles. The van der Waals surface area contributed by atoms with Crippen LogP contribution in [0.5, 0.6) is 11.5 Å². The Morgan fingerprint density at radius 2 is 1.78 bits per heavy atom. The van der Waals surface area contributed by atoms with Gasteiger partial charge in [0.1, 0.15) is 11.5 Å². The maximum absolute atomic E-state index is 6.42. The predicted octanol–water partition coefficient (Wildman–Crippen LogP) is 6.85. The van der Waals surface area contributed by atoms with E-state index in [2.05, 4.69) is 29.8 Å². The summed E-state index contributed by atoms with van der Waals surface area (Å²) in [5, 5.41) is 1.15. The number of rotatable bonds is 11. The molecule has 2 aromatic rings. The van der Waals surface area contributed by atoms with Gasteiger partial charge in [0, 0.05) is 43.1 Å². The van der Waals surface area contributed by atoms with Crippen LogP contribution in [0.3, 0.4) is 0 Å². The molecule has 2 fully saturated rings. The molecule has 2 aliphatic heterocycles. The van der Waals surface area contributed by atoms with Gasteiger partial charge in [-0.25, -0.2) is 0 Å². The fourth-order valence-corrected chi connectivity index (χ4v) is 5.48. The Kier molecular flexibility index (Phi) is 8.01. The van der Waals surface area contributed by atoms with E-state index in [1.54, 1.807) is 14.2 Å². The van der Waals surface area contributed by atoms with Crippen LogP contribution in [-0.2, 0) is 16.0 Å². The van der Waals surface area contributed by atoms with Crippen molar-refractivity contribution in [2.24, 2.45) is 0 Å². The summed E-state index contributed by atoms with van der Waals surface area (Å²) in [4.78, 5) is 0. The van der Waals surface area contributed by atoms with E-state index >= 15 is 0 Å². The van der Waals surface area contributed by atoms with E-state index in [4.69, 9.17) is 18.9 Å². The summed E-state index contributed by atoms with van der Waals surface area (Å²) < 4.78 is 25.8. The monoisotopic (exact) mass is 443 g/mol. The molecule has 32 heavy (non-hydrogen) atoms. The first kappa shape index (κ1) is 23.4. The second kappa shape index (κ2) is 10.9. The molecular weight excluding hydrogens is 402 g/mol. The minimum absolute atomic E-state index is 0.237. The number of unbranched alkanes of at least 4 members (excludes halogenated alkanes) is 5. The SMILES string of the molecule is COc1cc(OC)c2ccn(CCCCCCCC[C@H]3CCC[C@]4(CC[C@H](C)O4)O3)c2c1. The molecule has 0 radical (unpaired) electrons. The lowest BCUT2D eigenvalue weighted by molar-refractivity contribution is -0.269. The maximum atomic E-state index is 6.42. The Morgan fingerprint density at radius 3 is 2.53 bits per heavy atom. The number of benzene rings is 1. The quantitative estimate of drug-likeness (QED) is 0.356. The Hall–Kier alpha value is -1.72. The van der Waals surface area contributed by atoms with E-state index in [-0.39, 0.29) is 5.79 Å². The van der Waals surface area contributed by atoms with Crippen molar-refractivity contribution in [3.63, 3.8) is 0 Å². The van der Waals surface area contributed by atoms with E-state index in [0.29, 0.717) is 12.2 Å². The van der Waals surface area contributed by atoms with Gasteiger partial charge in [-0.05, 0) is 45.1 Å². The van der Waals surface area contributed by atoms with Crippen molar-refractivity contribution >= 4 is 10.9 Å². The first-order valence-electron chi connectivity index (χ1n) is 12.7. The number of hydrogen-bond acceptors (Lipinski definition) is 4. The van der Waals surface area contributed by atoms with Gasteiger partial charge < -0.3 is 23.5 Å². The van der Waals surface area contributed by atoms with Crippen molar-refractivity contribution in [1.82, 2.24) is 4.57 Å². The fraction of sp³-hybridized carbons (Fsp3) is 0.704. The van der Waals surface area contributed by atoms with Crippen molar-refractivity contribution < 1.29 is 18.9 Å². The molecule has 5 heteroatoms. The first-order valence-corrected chi connectivity index (χ1v) is 12.7. The van der Waals surface area contributed by atoms with E-state index in [0.717, 1.165) is 42.7 Å². The highest BCUT2D eigenvalue weighted by molar-refractivity contribution is 5.88. The Labute approximate surface area is 193 Å². The number of methoxy groups -OCH3 is 2. The summed E-state index contributed by atoms with van der Waals surface area (Å²) in [5.74, 6) is 1.48. The van der Waals surface area contributed by atoms with Crippen LogP contribution in [0, 0.1) is 0 Å². The van der Waals surface area contributed by atoms with Gasteiger partial charge in [-0.1, -0.05) is 32.1 Å². The summed E-state index contributed by atoms with van der Waals surface area (Å²) in [5.41, 5.74) is 1.19. The van der Waals surface area contributed by atoms with Crippen LogP contribution in [0.4, 0.5) is 0 Å². The van der Waals surface area contributed by atoms with Crippen LogP contribution in [-0.4, -0.2) is 36.8 Å². The van der Waals surface area contributed by atoms with Crippen LogP contribution in [0.2, 0.25) is 0 Å². The van der Waals surface area contributed by atoms with Gasteiger partial charge in [0.15, 0.2) is 5.79 Å². The van der Waals surface area contributed by atoms with Crippen molar-refractivity contribution in [2.45, 2.75) is 109 Å². The number of aromatic nitrogens is 1. The molecule has 1 aromatic heterocycles. The number of hydrogen-bond donors (Lipinski definition) is 0. The van der Waals surface area contributed by atoms with Gasteiger partial charge in [0.2, 0.25) is 0 Å². The highest BCUT2D eigenvalue weighted by Crippen LogP contribution is 2.41. The van der Waals surface area contributed by atoms with Crippen LogP contribution >= 0.6 is 0 Å². The predicted molar refractivity (Wildman–Crippen MR) is 129 cm³/mol. The van der Waals surface area contributed by atoms with Crippen LogP contribution in [0.25, 0.3) is 10.9 Å². The second-order valence-corrected chi connectivity index (χ2v) is 9.69. The molecule has 178 valence electrons. The number of nitrogens with zero attached hydrogens (tertiary/aromatic N) is 1. The Balaban J connectivity index is 1.12. The zero-order valence-corrected chi connectivity index (χ0v) is 20.2. The Morgan fingerprint density at radius 1 is 0.969 bits per heavy atom. The van der Waals surface area contributed by atoms with E-state index in [1.807, 2.05) is 6.07 Å². The maximum Gasteiger partial charge on any atom is 0.169 e. The van der Waals surface area contributed by atoms with Crippen LogP contribution in [0.15, 0.2) is 24.4 Å². The second-order valence-electron chi connectivity index (χ2n) is 9.69. The molecular formula is C27H41NO4. The average Bonchev–Trinajstić information content (AvgIpc) is 3.37. The molecule has 0 bridgehead atoms. The zero-order valence-electron chi connectivity index (χ0n) is 20.2. The largest absolute Gasteiger partial charge is 0.497 e. The minimum atomic E-state index is -0.237. The smallest absolute Gasteiger partial charge is 0.169 e. The number of ether oxygens (including phenoxy) is 4. The van der Waals surface area contributed by atoms with Gasteiger partial charge in [0.05, 0.1) is 31.9 Å². The van der Waals surface area contributed by atoms with Crippen LogP contribution in [0.1, 0.15) is 84.0 Å². The lowest BCUT2D eigenvalue weighted by Crippen LogP contribution is -2.40. The fourth-order valence-electron chi connectivity index (χ4n) is 5.48. The van der Waals surface area contributed by atoms with Crippen molar-refractivity contribution in [3.05, 3.63) is 24.4 Å². The number of aryl methyl sites for hydroxylation is 1.